The van der Waals surface area contributed by atoms with E-state index in [1.54, 1.807) is 30.1 Å². The molecule has 1 atom stereocenters. The molecule has 0 saturated heterocycles. The molecule has 0 spiro atoms. The summed E-state index contributed by atoms with van der Waals surface area (Å²) in [6, 6.07) is 3.38. The van der Waals surface area contributed by atoms with Crippen molar-refractivity contribution in [3.8, 4) is 0 Å². The summed E-state index contributed by atoms with van der Waals surface area (Å²) in [4.78, 5) is 15.5. The molecule has 1 aromatic heterocycles. The van der Waals surface area contributed by atoms with Crippen molar-refractivity contribution in [3.05, 3.63) is 23.9 Å². The van der Waals surface area contributed by atoms with E-state index in [9.17, 15) is 4.79 Å². The highest BCUT2D eigenvalue weighted by Gasteiger charge is 2.09. The highest BCUT2D eigenvalue weighted by molar-refractivity contribution is 7.99. The molecule has 0 saturated carbocycles. The van der Waals surface area contributed by atoms with Gasteiger partial charge in [0.05, 0.1) is 17.7 Å². The third kappa shape index (κ3) is 4.02. The van der Waals surface area contributed by atoms with Gasteiger partial charge in [-0.1, -0.05) is 6.92 Å². The Bertz CT molecular complexity index is 360. The van der Waals surface area contributed by atoms with Crippen molar-refractivity contribution in [3.63, 3.8) is 0 Å². The number of rotatable bonds is 5. The molecular formula is C11H14ClNO2S. The second kappa shape index (κ2) is 6.76. The van der Waals surface area contributed by atoms with Gasteiger partial charge in [-0.3, -0.25) is 0 Å². The van der Waals surface area contributed by atoms with Gasteiger partial charge in [0.25, 0.3) is 0 Å². The topological polar surface area (TPSA) is 39.2 Å². The molecule has 0 aromatic carbocycles. The zero-order valence-electron chi connectivity index (χ0n) is 9.27. The van der Waals surface area contributed by atoms with Gasteiger partial charge in [0.2, 0.25) is 0 Å². The monoisotopic (exact) mass is 259 g/mol. The zero-order chi connectivity index (χ0) is 12.0. The highest BCUT2D eigenvalue weighted by atomic mass is 35.5. The number of pyridine rings is 1. The predicted octanol–water partition coefficient (Wildman–Crippen LogP) is 2.98. The Hall–Kier alpha value is -0.740. The number of halogens is 1. The molecule has 16 heavy (non-hydrogen) atoms. The van der Waals surface area contributed by atoms with Crippen LogP contribution in [0.2, 0.25) is 0 Å². The molecule has 0 radical (unpaired) electrons. The number of ether oxygens (including phenoxy) is 1. The summed E-state index contributed by atoms with van der Waals surface area (Å²) in [6.07, 6.45) is 2.53. The molecule has 3 nitrogen and oxygen atoms in total. The van der Waals surface area contributed by atoms with Gasteiger partial charge in [0.15, 0.2) is 0 Å². The third-order valence-electron chi connectivity index (χ3n) is 1.99. The Kier molecular flexibility index (Phi) is 5.63. The Morgan fingerprint density at radius 3 is 3.06 bits per heavy atom. The van der Waals surface area contributed by atoms with Crippen LogP contribution in [0.4, 0.5) is 0 Å². The van der Waals surface area contributed by atoms with E-state index in [0.717, 1.165) is 11.4 Å². The Labute approximate surface area is 105 Å². The highest BCUT2D eigenvalue weighted by Crippen LogP contribution is 2.24. The van der Waals surface area contributed by atoms with Gasteiger partial charge in [0, 0.05) is 17.3 Å². The van der Waals surface area contributed by atoms with Gasteiger partial charge < -0.3 is 4.74 Å². The summed E-state index contributed by atoms with van der Waals surface area (Å²) < 4.78 is 4.65. The quantitative estimate of drug-likeness (QED) is 0.463. The van der Waals surface area contributed by atoms with E-state index in [2.05, 4.69) is 16.6 Å². The minimum Gasteiger partial charge on any atom is -0.465 e. The average molecular weight is 260 g/mol. The molecule has 0 fully saturated rings. The molecule has 5 heteroatoms. The fourth-order valence-electron chi connectivity index (χ4n) is 1.14. The second-order valence-corrected chi connectivity index (χ2v) is 5.12. The van der Waals surface area contributed by atoms with Crippen LogP contribution in [-0.4, -0.2) is 29.2 Å². The van der Waals surface area contributed by atoms with Crippen molar-refractivity contribution >= 4 is 29.3 Å². The summed E-state index contributed by atoms with van der Waals surface area (Å²) in [6.45, 7) is 2.08. The maximum Gasteiger partial charge on any atom is 0.337 e. The summed E-state index contributed by atoms with van der Waals surface area (Å²) in [5, 5.41) is 1.21. The third-order valence-corrected chi connectivity index (χ3v) is 3.31. The number of methoxy groups -OCH3 is 1. The molecule has 1 unspecified atom stereocenters. The van der Waals surface area contributed by atoms with E-state index < -0.39 is 0 Å². The summed E-state index contributed by atoms with van der Waals surface area (Å²) in [5.41, 5.74) is 0.526. The van der Waals surface area contributed by atoms with Gasteiger partial charge in [-0.2, -0.15) is 0 Å². The fourth-order valence-corrected chi connectivity index (χ4v) is 2.56. The van der Waals surface area contributed by atoms with Gasteiger partial charge in [-0.05, 0) is 18.6 Å². The number of aromatic nitrogens is 1. The van der Waals surface area contributed by atoms with Crippen LogP contribution in [0.1, 0.15) is 23.7 Å². The summed E-state index contributed by atoms with van der Waals surface area (Å²) in [7, 11) is 1.37. The number of hydrogen-bond acceptors (Lipinski definition) is 4. The van der Waals surface area contributed by atoms with Gasteiger partial charge >= 0.3 is 5.97 Å². The first-order valence-electron chi connectivity index (χ1n) is 4.94. The van der Waals surface area contributed by atoms with Crippen LogP contribution in [0.3, 0.4) is 0 Å². The first-order valence-corrected chi connectivity index (χ1v) is 6.35. The molecule has 0 aliphatic carbocycles. The van der Waals surface area contributed by atoms with Crippen molar-refractivity contribution < 1.29 is 9.53 Å². The largest absolute Gasteiger partial charge is 0.465 e. The Morgan fingerprint density at radius 2 is 2.44 bits per heavy atom. The van der Waals surface area contributed by atoms with Crippen LogP contribution in [0.25, 0.3) is 0 Å². The molecule has 0 aliphatic heterocycles. The number of nitrogens with zero attached hydrogens (tertiary/aromatic N) is 1. The van der Waals surface area contributed by atoms with Crippen molar-refractivity contribution in [2.75, 3.05) is 13.0 Å². The smallest absolute Gasteiger partial charge is 0.337 e. The number of thioether (sulfide) groups is 1. The lowest BCUT2D eigenvalue weighted by atomic mass is 10.3. The molecule has 0 bridgehead atoms. The Balaban J connectivity index is 2.70. The molecule has 1 heterocycles. The lowest BCUT2D eigenvalue weighted by Crippen LogP contribution is -2.03. The summed E-state index contributed by atoms with van der Waals surface area (Å²) in [5.74, 6) is 0.291. The van der Waals surface area contributed by atoms with Crippen LogP contribution >= 0.6 is 23.4 Å². The van der Waals surface area contributed by atoms with Crippen molar-refractivity contribution in [1.82, 2.24) is 4.98 Å². The van der Waals surface area contributed by atoms with Crippen LogP contribution in [0, 0.1) is 0 Å². The molecule has 0 aliphatic rings. The first-order chi connectivity index (χ1) is 7.67. The average Bonchev–Trinajstić information content (AvgIpc) is 2.28. The van der Waals surface area contributed by atoms with Gasteiger partial charge in [-0.15, -0.1) is 23.4 Å². The first kappa shape index (κ1) is 13.3. The van der Waals surface area contributed by atoms with Crippen LogP contribution in [-0.2, 0) is 4.74 Å². The van der Waals surface area contributed by atoms with Crippen LogP contribution < -0.4 is 0 Å². The molecule has 1 aromatic rings. The lowest BCUT2D eigenvalue weighted by Gasteiger charge is -2.08. The van der Waals surface area contributed by atoms with E-state index in [0.29, 0.717) is 16.7 Å². The maximum atomic E-state index is 11.3. The lowest BCUT2D eigenvalue weighted by molar-refractivity contribution is 0.0600. The van der Waals surface area contributed by atoms with Gasteiger partial charge in [-0.25, -0.2) is 9.78 Å². The fraction of sp³-hybridized carbons (Fsp3) is 0.455. The van der Waals surface area contributed by atoms with E-state index in [1.165, 1.54) is 7.11 Å². The zero-order valence-corrected chi connectivity index (χ0v) is 10.8. The van der Waals surface area contributed by atoms with Crippen LogP contribution in [0.15, 0.2) is 23.4 Å². The van der Waals surface area contributed by atoms with Crippen molar-refractivity contribution in [2.24, 2.45) is 0 Å². The molecular weight excluding hydrogens is 246 g/mol. The molecule has 1 rings (SSSR count). The van der Waals surface area contributed by atoms with E-state index in [4.69, 9.17) is 11.6 Å². The number of hydrogen-bond donors (Lipinski definition) is 0. The normalized spacial score (nSPS) is 12.2. The molecule has 0 amide bonds. The van der Waals surface area contributed by atoms with E-state index >= 15 is 0 Å². The summed E-state index contributed by atoms with van der Waals surface area (Å²) >= 11 is 7.27. The Morgan fingerprint density at radius 1 is 1.69 bits per heavy atom. The van der Waals surface area contributed by atoms with Crippen molar-refractivity contribution in [2.45, 2.75) is 23.6 Å². The van der Waals surface area contributed by atoms with Crippen LogP contribution in [0.5, 0.6) is 0 Å². The SMILES string of the molecule is COC(=O)c1ccnc(SC(C)CCCl)c1. The number of carbonyl (C=O) groups is 1. The predicted molar refractivity (Wildman–Crippen MR) is 66.2 cm³/mol. The second-order valence-electron chi connectivity index (χ2n) is 3.28. The van der Waals surface area contributed by atoms with E-state index in [1.807, 2.05) is 0 Å². The maximum absolute atomic E-state index is 11.3. The van der Waals surface area contributed by atoms with Gasteiger partial charge in [0.1, 0.15) is 0 Å². The van der Waals surface area contributed by atoms with E-state index in [-0.39, 0.29) is 5.97 Å². The molecule has 88 valence electrons. The minimum absolute atomic E-state index is 0.339. The minimum atomic E-state index is -0.339. The molecule has 0 N–H and O–H groups in total. The van der Waals surface area contributed by atoms with Crippen molar-refractivity contribution in [1.29, 1.82) is 0 Å². The number of alkyl halides is 1. The standard InChI is InChI=1S/C11H14ClNO2S/c1-8(3-5-12)16-10-7-9(4-6-13-10)11(14)15-2/h4,6-8H,3,5H2,1-2H3. The number of esters is 1. The number of carbonyl (C=O) groups excluding carboxylic acids is 1.